The summed E-state index contributed by atoms with van der Waals surface area (Å²) < 4.78 is 6.38. The molecule has 1 N–H and O–H groups in total. The van der Waals surface area contributed by atoms with Crippen LogP contribution in [0.1, 0.15) is 61.8 Å². The molecule has 3 aliphatic rings. The number of hydrogen-bond donors (Lipinski definition) is 1. The molecule has 28 heavy (non-hydrogen) atoms. The second-order valence-electron chi connectivity index (χ2n) is 9.24. The van der Waals surface area contributed by atoms with Crippen LogP contribution in [0.15, 0.2) is 48.7 Å². The molecule has 0 bridgehead atoms. The average molecular weight is 377 g/mol. The molecule has 2 fully saturated rings. The van der Waals surface area contributed by atoms with E-state index in [0.717, 1.165) is 32.4 Å². The molecule has 0 radical (unpaired) electrons. The highest BCUT2D eigenvalue weighted by Gasteiger charge is 2.48. The molecule has 2 aromatic rings. The number of fused-ring (bicyclic) bond motifs is 1. The number of pyridine rings is 1. The highest BCUT2D eigenvalue weighted by Crippen LogP contribution is 2.49. The summed E-state index contributed by atoms with van der Waals surface area (Å²) in [6.45, 7) is 1.94. The van der Waals surface area contributed by atoms with E-state index in [1.54, 1.807) is 0 Å². The van der Waals surface area contributed by atoms with Crippen molar-refractivity contribution in [2.45, 2.75) is 74.8 Å². The van der Waals surface area contributed by atoms with Crippen LogP contribution in [0.4, 0.5) is 0 Å². The predicted octanol–water partition coefficient (Wildman–Crippen LogP) is 4.59. The Labute approximate surface area is 168 Å². The van der Waals surface area contributed by atoms with Crippen LogP contribution in [0.2, 0.25) is 0 Å². The molecule has 2 aliphatic carbocycles. The SMILES string of the molecule is c1ccc(C2(CCNC3Cc4ccccc4C3)CCOC3(CCCC3)C2)nc1. The molecule has 1 unspecified atom stereocenters. The standard InChI is InChI=1S/C25H32N2O/c1-2-8-21-18-22(17-20(21)7-1)26-15-12-24(23-9-3-6-14-27-23)13-16-28-25(19-24)10-4-5-11-25/h1-3,6-9,14,22,26H,4-5,10-13,15-19H2. The van der Waals surface area contributed by atoms with Gasteiger partial charge in [-0.25, -0.2) is 0 Å². The average Bonchev–Trinajstić information content (AvgIpc) is 3.35. The lowest BCUT2D eigenvalue weighted by molar-refractivity contribution is -0.104. The van der Waals surface area contributed by atoms with E-state index in [1.165, 1.54) is 55.3 Å². The first-order valence-electron chi connectivity index (χ1n) is 11.1. The van der Waals surface area contributed by atoms with Gasteiger partial charge in [-0.3, -0.25) is 4.98 Å². The fourth-order valence-electron chi connectivity index (χ4n) is 6.01. The van der Waals surface area contributed by atoms with Crippen molar-refractivity contribution < 1.29 is 4.74 Å². The first-order valence-corrected chi connectivity index (χ1v) is 11.1. The maximum atomic E-state index is 6.38. The van der Waals surface area contributed by atoms with Gasteiger partial charge >= 0.3 is 0 Å². The van der Waals surface area contributed by atoms with E-state index in [0.29, 0.717) is 6.04 Å². The Bertz CT molecular complexity index is 774. The number of aromatic nitrogens is 1. The van der Waals surface area contributed by atoms with Crippen molar-refractivity contribution in [2.24, 2.45) is 0 Å². The summed E-state index contributed by atoms with van der Waals surface area (Å²) >= 11 is 0. The lowest BCUT2D eigenvalue weighted by atomic mass is 9.68. The molecule has 1 saturated carbocycles. The van der Waals surface area contributed by atoms with Crippen molar-refractivity contribution >= 4 is 0 Å². The van der Waals surface area contributed by atoms with Gasteiger partial charge < -0.3 is 10.1 Å². The molecule has 1 aromatic heterocycles. The fraction of sp³-hybridized carbons (Fsp3) is 0.560. The van der Waals surface area contributed by atoms with Crippen LogP contribution in [0.3, 0.4) is 0 Å². The molecule has 0 amide bonds. The van der Waals surface area contributed by atoms with Crippen LogP contribution in [0, 0.1) is 0 Å². The third-order valence-electron chi connectivity index (χ3n) is 7.46. The molecule has 148 valence electrons. The summed E-state index contributed by atoms with van der Waals surface area (Å²) in [6, 6.07) is 15.9. The number of benzene rings is 1. The summed E-state index contributed by atoms with van der Waals surface area (Å²) in [5, 5.41) is 3.88. The molecule has 3 nitrogen and oxygen atoms in total. The third kappa shape index (κ3) is 3.51. The first kappa shape index (κ1) is 18.3. The number of hydrogen-bond acceptors (Lipinski definition) is 3. The normalized spacial score (nSPS) is 26.6. The minimum atomic E-state index is 0.110. The van der Waals surface area contributed by atoms with Gasteiger partial charge in [0.1, 0.15) is 0 Å². The van der Waals surface area contributed by atoms with Gasteiger partial charge in [0, 0.05) is 30.0 Å². The number of rotatable bonds is 5. The molecular formula is C25H32N2O. The van der Waals surface area contributed by atoms with Gasteiger partial charge in [0.25, 0.3) is 0 Å². The zero-order valence-corrected chi connectivity index (χ0v) is 16.8. The Morgan fingerprint density at radius 3 is 2.43 bits per heavy atom. The van der Waals surface area contributed by atoms with Crippen molar-refractivity contribution in [3.63, 3.8) is 0 Å². The Balaban J connectivity index is 1.29. The smallest absolute Gasteiger partial charge is 0.0691 e. The number of ether oxygens (including phenoxy) is 1. The van der Waals surface area contributed by atoms with Gasteiger partial charge in [0.15, 0.2) is 0 Å². The Morgan fingerprint density at radius 1 is 0.964 bits per heavy atom. The Morgan fingerprint density at radius 2 is 1.71 bits per heavy atom. The minimum absolute atomic E-state index is 0.110. The molecule has 1 saturated heterocycles. The second kappa shape index (κ2) is 7.61. The Kier molecular flexibility index (Phi) is 4.98. The molecule has 1 aliphatic heterocycles. The summed E-state index contributed by atoms with van der Waals surface area (Å²) in [7, 11) is 0. The quantitative estimate of drug-likeness (QED) is 0.829. The van der Waals surface area contributed by atoms with E-state index in [1.807, 2.05) is 12.3 Å². The highest BCUT2D eigenvalue weighted by atomic mass is 16.5. The minimum Gasteiger partial charge on any atom is -0.375 e. The lowest BCUT2D eigenvalue weighted by Gasteiger charge is -2.46. The summed E-state index contributed by atoms with van der Waals surface area (Å²) in [6.07, 6.45) is 12.8. The molecule has 1 spiro atoms. The maximum absolute atomic E-state index is 6.38. The zero-order chi connectivity index (χ0) is 18.9. The van der Waals surface area contributed by atoms with E-state index in [4.69, 9.17) is 9.72 Å². The number of nitrogens with zero attached hydrogens (tertiary/aromatic N) is 1. The molecule has 2 heterocycles. The predicted molar refractivity (Wildman–Crippen MR) is 113 cm³/mol. The second-order valence-corrected chi connectivity index (χ2v) is 9.24. The monoisotopic (exact) mass is 376 g/mol. The lowest BCUT2D eigenvalue weighted by Crippen LogP contribution is -2.48. The van der Waals surface area contributed by atoms with Gasteiger partial charge in [-0.2, -0.15) is 0 Å². The zero-order valence-electron chi connectivity index (χ0n) is 16.8. The van der Waals surface area contributed by atoms with E-state index < -0.39 is 0 Å². The van der Waals surface area contributed by atoms with Crippen LogP contribution in [0.5, 0.6) is 0 Å². The van der Waals surface area contributed by atoms with E-state index in [9.17, 15) is 0 Å². The topological polar surface area (TPSA) is 34.1 Å². The number of nitrogens with one attached hydrogen (secondary N) is 1. The largest absolute Gasteiger partial charge is 0.375 e. The van der Waals surface area contributed by atoms with Crippen LogP contribution < -0.4 is 5.32 Å². The summed E-state index contributed by atoms with van der Waals surface area (Å²) in [5.74, 6) is 0. The van der Waals surface area contributed by atoms with E-state index in [2.05, 4.69) is 41.7 Å². The molecule has 1 aromatic carbocycles. The molecule has 1 atom stereocenters. The summed E-state index contributed by atoms with van der Waals surface area (Å²) in [4.78, 5) is 4.83. The van der Waals surface area contributed by atoms with Gasteiger partial charge in [-0.05, 0) is 74.8 Å². The summed E-state index contributed by atoms with van der Waals surface area (Å²) in [5.41, 5.74) is 4.59. The van der Waals surface area contributed by atoms with Crippen molar-refractivity contribution in [3.05, 3.63) is 65.5 Å². The van der Waals surface area contributed by atoms with Crippen molar-refractivity contribution in [1.29, 1.82) is 0 Å². The molecule has 5 rings (SSSR count). The third-order valence-corrected chi connectivity index (χ3v) is 7.46. The van der Waals surface area contributed by atoms with Crippen LogP contribution in [0.25, 0.3) is 0 Å². The van der Waals surface area contributed by atoms with Crippen molar-refractivity contribution in [1.82, 2.24) is 10.3 Å². The first-order chi connectivity index (χ1) is 13.8. The van der Waals surface area contributed by atoms with Crippen LogP contribution in [-0.4, -0.2) is 29.8 Å². The van der Waals surface area contributed by atoms with Crippen molar-refractivity contribution in [3.8, 4) is 0 Å². The van der Waals surface area contributed by atoms with Gasteiger partial charge in [0.05, 0.1) is 5.60 Å². The van der Waals surface area contributed by atoms with Crippen LogP contribution >= 0.6 is 0 Å². The fourth-order valence-corrected chi connectivity index (χ4v) is 6.01. The van der Waals surface area contributed by atoms with Crippen molar-refractivity contribution in [2.75, 3.05) is 13.2 Å². The van der Waals surface area contributed by atoms with E-state index >= 15 is 0 Å². The Hall–Kier alpha value is -1.71. The maximum Gasteiger partial charge on any atom is 0.0691 e. The molecule has 3 heteroatoms. The van der Waals surface area contributed by atoms with Gasteiger partial charge in [0.2, 0.25) is 0 Å². The van der Waals surface area contributed by atoms with E-state index in [-0.39, 0.29) is 11.0 Å². The highest BCUT2D eigenvalue weighted by molar-refractivity contribution is 5.33. The van der Waals surface area contributed by atoms with Crippen LogP contribution in [-0.2, 0) is 23.0 Å². The molecular weight excluding hydrogens is 344 g/mol. The van der Waals surface area contributed by atoms with Gasteiger partial charge in [-0.1, -0.05) is 43.2 Å². The van der Waals surface area contributed by atoms with Gasteiger partial charge in [-0.15, -0.1) is 0 Å².